The maximum absolute atomic E-state index is 12.6. The number of nitrogens with one attached hydrogen (secondary N) is 1. The quantitative estimate of drug-likeness (QED) is 0.441. The molecule has 0 atom stereocenters. The van der Waals surface area contributed by atoms with Crippen molar-refractivity contribution in [3.8, 4) is 23.0 Å². The van der Waals surface area contributed by atoms with Crippen LogP contribution in [0.2, 0.25) is 5.02 Å². The van der Waals surface area contributed by atoms with E-state index in [0.717, 1.165) is 10.1 Å². The van der Waals surface area contributed by atoms with Gasteiger partial charge in [0.15, 0.2) is 11.5 Å². The van der Waals surface area contributed by atoms with Crippen LogP contribution in [0.1, 0.15) is 15.2 Å². The van der Waals surface area contributed by atoms with E-state index >= 15 is 0 Å². The highest BCUT2D eigenvalue weighted by molar-refractivity contribution is 7.21. The number of carbonyl (C=O) groups excluding carboxylic acids is 1. The van der Waals surface area contributed by atoms with Crippen molar-refractivity contribution >= 4 is 45.1 Å². The van der Waals surface area contributed by atoms with Crippen LogP contribution < -0.4 is 24.4 Å². The van der Waals surface area contributed by atoms with Crippen LogP contribution >= 0.6 is 22.9 Å². The fraction of sp³-hybridized carbons (Fsp3) is 0.200. The molecule has 29 heavy (non-hydrogen) atoms. The first-order valence-corrected chi connectivity index (χ1v) is 9.61. The van der Waals surface area contributed by atoms with Gasteiger partial charge in [0.2, 0.25) is 0 Å². The van der Waals surface area contributed by atoms with Crippen molar-refractivity contribution < 1.29 is 23.7 Å². The Balaban J connectivity index is 1.83. The molecule has 1 N–H and O–H groups in total. The summed E-state index contributed by atoms with van der Waals surface area (Å²) >= 11 is 7.64. The number of hydrazone groups is 1. The first-order chi connectivity index (χ1) is 14.0. The van der Waals surface area contributed by atoms with Gasteiger partial charge in [-0.2, -0.15) is 5.10 Å². The van der Waals surface area contributed by atoms with Crippen LogP contribution in [0, 0.1) is 0 Å². The van der Waals surface area contributed by atoms with Crippen LogP contribution in [0.4, 0.5) is 0 Å². The summed E-state index contributed by atoms with van der Waals surface area (Å²) in [5, 5.41) is 5.19. The van der Waals surface area contributed by atoms with Crippen molar-refractivity contribution in [2.24, 2.45) is 5.10 Å². The number of methoxy groups -OCH3 is 4. The van der Waals surface area contributed by atoms with Gasteiger partial charge in [0, 0.05) is 21.7 Å². The molecule has 9 heteroatoms. The van der Waals surface area contributed by atoms with Crippen LogP contribution in [0.15, 0.2) is 35.4 Å². The van der Waals surface area contributed by atoms with E-state index in [9.17, 15) is 4.79 Å². The summed E-state index contributed by atoms with van der Waals surface area (Å²) in [6.45, 7) is 0. The molecule has 152 valence electrons. The molecule has 3 rings (SSSR count). The van der Waals surface area contributed by atoms with Crippen molar-refractivity contribution in [2.45, 2.75) is 0 Å². The lowest BCUT2D eigenvalue weighted by atomic mass is 10.2. The SMILES string of the molecule is COc1ccc2c(Cl)c(C(=O)N/N=C/c3cc(OC)c(OC)cc3OC)sc2c1. The van der Waals surface area contributed by atoms with Crippen LogP contribution in [0.5, 0.6) is 23.0 Å². The maximum Gasteiger partial charge on any atom is 0.283 e. The number of hydrogen-bond acceptors (Lipinski definition) is 7. The highest BCUT2D eigenvalue weighted by Crippen LogP contribution is 2.37. The van der Waals surface area contributed by atoms with Gasteiger partial charge in [-0.1, -0.05) is 11.6 Å². The first kappa shape index (κ1) is 20.8. The average molecular weight is 435 g/mol. The minimum Gasteiger partial charge on any atom is -0.497 e. The highest BCUT2D eigenvalue weighted by Gasteiger charge is 2.17. The Morgan fingerprint density at radius 3 is 2.34 bits per heavy atom. The number of halogens is 1. The lowest BCUT2D eigenvalue weighted by molar-refractivity contribution is 0.0959. The normalized spacial score (nSPS) is 10.9. The number of nitrogens with zero attached hydrogens (tertiary/aromatic N) is 1. The summed E-state index contributed by atoms with van der Waals surface area (Å²) in [5.41, 5.74) is 3.10. The van der Waals surface area contributed by atoms with Gasteiger partial charge in [-0.05, 0) is 24.3 Å². The minimum absolute atomic E-state index is 0.367. The number of carbonyl (C=O) groups is 1. The van der Waals surface area contributed by atoms with E-state index in [4.69, 9.17) is 30.5 Å². The third-order valence-corrected chi connectivity index (χ3v) is 5.80. The Hall–Kier alpha value is -2.97. The summed E-state index contributed by atoms with van der Waals surface area (Å²) in [7, 11) is 6.19. The summed E-state index contributed by atoms with van der Waals surface area (Å²) < 4.78 is 21.9. The molecule has 0 aliphatic heterocycles. The molecule has 0 unspecified atom stereocenters. The fourth-order valence-electron chi connectivity index (χ4n) is 2.68. The van der Waals surface area contributed by atoms with E-state index in [1.165, 1.54) is 38.9 Å². The zero-order valence-electron chi connectivity index (χ0n) is 16.2. The summed E-state index contributed by atoms with van der Waals surface area (Å²) in [6, 6.07) is 8.83. The van der Waals surface area contributed by atoms with E-state index in [-0.39, 0.29) is 0 Å². The largest absolute Gasteiger partial charge is 0.497 e. The van der Waals surface area contributed by atoms with Gasteiger partial charge in [0.1, 0.15) is 16.4 Å². The van der Waals surface area contributed by atoms with Crippen molar-refractivity contribution in [3.63, 3.8) is 0 Å². The van der Waals surface area contributed by atoms with E-state index in [2.05, 4.69) is 10.5 Å². The molecular formula is C20H19ClN2O5S. The van der Waals surface area contributed by atoms with Gasteiger partial charge in [0.05, 0.1) is 39.7 Å². The molecule has 0 aliphatic rings. The molecule has 2 aromatic carbocycles. The number of thiophene rings is 1. The van der Waals surface area contributed by atoms with E-state index in [1.807, 2.05) is 12.1 Å². The molecule has 1 aromatic heterocycles. The highest BCUT2D eigenvalue weighted by atomic mass is 35.5. The Morgan fingerprint density at radius 1 is 1.00 bits per heavy atom. The molecule has 0 aliphatic carbocycles. The molecule has 0 radical (unpaired) electrons. The Kier molecular flexibility index (Phi) is 6.46. The molecule has 0 fully saturated rings. The van der Waals surface area contributed by atoms with Crippen LogP contribution in [0.25, 0.3) is 10.1 Å². The van der Waals surface area contributed by atoms with Crippen LogP contribution in [-0.2, 0) is 0 Å². The summed E-state index contributed by atoms with van der Waals surface area (Å²) in [4.78, 5) is 12.9. The van der Waals surface area contributed by atoms with Gasteiger partial charge < -0.3 is 18.9 Å². The second-order valence-electron chi connectivity index (χ2n) is 5.76. The number of benzene rings is 2. The first-order valence-electron chi connectivity index (χ1n) is 8.41. The topological polar surface area (TPSA) is 78.4 Å². The van der Waals surface area contributed by atoms with Gasteiger partial charge in [-0.3, -0.25) is 4.79 Å². The fourth-order valence-corrected chi connectivity index (χ4v) is 4.12. The van der Waals surface area contributed by atoms with Gasteiger partial charge in [0.25, 0.3) is 5.91 Å². The lowest BCUT2D eigenvalue weighted by Gasteiger charge is -2.11. The number of amides is 1. The monoisotopic (exact) mass is 434 g/mol. The lowest BCUT2D eigenvalue weighted by Crippen LogP contribution is -2.16. The molecule has 0 saturated carbocycles. The smallest absolute Gasteiger partial charge is 0.283 e. The van der Waals surface area contributed by atoms with Crippen molar-refractivity contribution in [1.82, 2.24) is 5.43 Å². The minimum atomic E-state index is -0.411. The van der Waals surface area contributed by atoms with Gasteiger partial charge >= 0.3 is 0 Å². The maximum atomic E-state index is 12.6. The molecule has 0 spiro atoms. The standard InChI is InChI=1S/C20H19ClN2O5S/c1-25-12-5-6-13-17(8-12)29-19(18(13)21)20(24)23-22-10-11-7-15(27-3)16(28-4)9-14(11)26-2/h5-10H,1-4H3,(H,23,24)/b22-10+. The van der Waals surface area contributed by atoms with Crippen molar-refractivity contribution in [2.75, 3.05) is 28.4 Å². The van der Waals surface area contributed by atoms with E-state index in [1.54, 1.807) is 25.3 Å². The Labute approximate surface area is 176 Å². The van der Waals surface area contributed by atoms with Gasteiger partial charge in [-0.25, -0.2) is 5.43 Å². The summed E-state index contributed by atoms with van der Waals surface area (Å²) in [5.74, 6) is 1.85. The zero-order valence-corrected chi connectivity index (χ0v) is 17.8. The Morgan fingerprint density at radius 2 is 1.69 bits per heavy atom. The van der Waals surface area contributed by atoms with E-state index < -0.39 is 5.91 Å². The number of hydrogen-bond donors (Lipinski definition) is 1. The third-order valence-electron chi connectivity index (χ3n) is 4.15. The second-order valence-corrected chi connectivity index (χ2v) is 7.19. The van der Waals surface area contributed by atoms with E-state index in [0.29, 0.717) is 38.5 Å². The Bertz CT molecular complexity index is 1080. The van der Waals surface area contributed by atoms with Crippen molar-refractivity contribution in [3.05, 3.63) is 45.8 Å². The number of ether oxygens (including phenoxy) is 4. The predicted octanol–water partition coefficient (Wildman–Crippen LogP) is 4.35. The van der Waals surface area contributed by atoms with Crippen LogP contribution in [-0.4, -0.2) is 40.6 Å². The van der Waals surface area contributed by atoms with Crippen molar-refractivity contribution in [1.29, 1.82) is 0 Å². The molecule has 1 amide bonds. The second kappa shape index (κ2) is 9.02. The third kappa shape index (κ3) is 4.23. The molecule has 3 aromatic rings. The molecule has 1 heterocycles. The molecular weight excluding hydrogens is 416 g/mol. The van der Waals surface area contributed by atoms with Crippen LogP contribution in [0.3, 0.4) is 0 Å². The number of fused-ring (bicyclic) bond motifs is 1. The van der Waals surface area contributed by atoms with Gasteiger partial charge in [-0.15, -0.1) is 11.3 Å². The number of rotatable bonds is 7. The zero-order chi connectivity index (χ0) is 21.0. The molecule has 0 bridgehead atoms. The summed E-state index contributed by atoms with van der Waals surface area (Å²) in [6.07, 6.45) is 1.46. The predicted molar refractivity (Wildman–Crippen MR) is 115 cm³/mol. The average Bonchev–Trinajstić information content (AvgIpc) is 3.08. The molecule has 7 nitrogen and oxygen atoms in total. The molecule has 0 saturated heterocycles.